The Morgan fingerprint density at radius 1 is 1.38 bits per heavy atom. The highest BCUT2D eigenvalue weighted by Crippen LogP contribution is 2.25. The molecule has 0 aromatic rings. The Morgan fingerprint density at radius 3 is 2.44 bits per heavy atom. The molecule has 1 heteroatoms. The van der Waals surface area contributed by atoms with Crippen LogP contribution in [-0.4, -0.2) is 24.5 Å². The Kier molecular flexibility index (Phi) is 8.64. The third-order valence-electron chi connectivity index (χ3n) is 3.09. The largest absolute Gasteiger partial charge is 0.303 e. The van der Waals surface area contributed by atoms with Crippen molar-refractivity contribution in [1.29, 1.82) is 0 Å². The monoisotopic (exact) mass is 225 g/mol. The summed E-state index contributed by atoms with van der Waals surface area (Å²) in [5.74, 6) is 1.66. The highest BCUT2D eigenvalue weighted by molar-refractivity contribution is 4.98. The van der Waals surface area contributed by atoms with Crippen molar-refractivity contribution < 1.29 is 0 Å². The second kappa shape index (κ2) is 8.81. The molecule has 0 amide bonds. The molecule has 1 nitrogen and oxygen atoms in total. The van der Waals surface area contributed by atoms with Crippen molar-refractivity contribution in [3.63, 3.8) is 0 Å². The van der Waals surface area contributed by atoms with Crippen molar-refractivity contribution in [1.82, 2.24) is 4.90 Å². The van der Waals surface area contributed by atoms with Gasteiger partial charge in [-0.15, -0.1) is 0 Å². The zero-order valence-corrected chi connectivity index (χ0v) is 12.1. The van der Waals surface area contributed by atoms with Crippen LogP contribution in [0, 0.1) is 11.8 Å². The number of rotatable bonds is 5. The van der Waals surface area contributed by atoms with Gasteiger partial charge < -0.3 is 4.90 Å². The van der Waals surface area contributed by atoms with E-state index in [1.165, 1.54) is 44.5 Å². The van der Waals surface area contributed by atoms with Crippen molar-refractivity contribution in [2.75, 3.05) is 19.6 Å². The number of likely N-dealkylation sites (tertiary alicyclic amines) is 1. The van der Waals surface area contributed by atoms with Crippen LogP contribution in [0.25, 0.3) is 0 Å². The molecule has 96 valence electrons. The normalized spacial score (nSPS) is 20.8. The summed E-state index contributed by atoms with van der Waals surface area (Å²) in [7, 11) is 0. The molecule has 0 aliphatic carbocycles. The lowest BCUT2D eigenvalue weighted by molar-refractivity contribution is 0.341. The van der Waals surface area contributed by atoms with Crippen LogP contribution >= 0.6 is 0 Å². The van der Waals surface area contributed by atoms with Gasteiger partial charge in [-0.1, -0.05) is 46.8 Å². The van der Waals surface area contributed by atoms with Gasteiger partial charge in [0.05, 0.1) is 0 Å². The maximum Gasteiger partial charge on any atom is 0.00131 e. The SMILES string of the molecule is C=C(CC(C)C)CC1CCN(CC)C1.CC. The number of nitrogens with zero attached hydrogens (tertiary/aromatic N) is 1. The molecule has 0 N–H and O–H groups in total. The van der Waals surface area contributed by atoms with Gasteiger partial charge in [0.1, 0.15) is 0 Å². The van der Waals surface area contributed by atoms with Crippen LogP contribution in [0.1, 0.15) is 53.9 Å². The van der Waals surface area contributed by atoms with Gasteiger partial charge in [0, 0.05) is 6.54 Å². The summed E-state index contributed by atoms with van der Waals surface area (Å²) in [6.45, 7) is 18.8. The van der Waals surface area contributed by atoms with Crippen LogP contribution in [0.5, 0.6) is 0 Å². The van der Waals surface area contributed by atoms with E-state index in [-0.39, 0.29) is 0 Å². The van der Waals surface area contributed by atoms with Gasteiger partial charge in [0.25, 0.3) is 0 Å². The summed E-state index contributed by atoms with van der Waals surface area (Å²) < 4.78 is 0. The van der Waals surface area contributed by atoms with Crippen LogP contribution in [0.15, 0.2) is 12.2 Å². The lowest BCUT2D eigenvalue weighted by atomic mass is 9.94. The zero-order valence-electron chi connectivity index (χ0n) is 12.1. The Labute approximate surface area is 103 Å². The molecule has 0 aromatic heterocycles. The van der Waals surface area contributed by atoms with Crippen molar-refractivity contribution in [3.8, 4) is 0 Å². The Morgan fingerprint density at radius 2 is 2.00 bits per heavy atom. The Bertz CT molecular complexity index is 184. The fraction of sp³-hybridized carbons (Fsp3) is 0.867. The second-order valence-corrected chi connectivity index (χ2v) is 5.10. The van der Waals surface area contributed by atoms with Gasteiger partial charge in [0.2, 0.25) is 0 Å². The molecule has 0 radical (unpaired) electrons. The summed E-state index contributed by atoms with van der Waals surface area (Å²) >= 11 is 0. The maximum absolute atomic E-state index is 4.19. The molecule has 0 bridgehead atoms. The van der Waals surface area contributed by atoms with Gasteiger partial charge in [-0.05, 0) is 44.2 Å². The van der Waals surface area contributed by atoms with E-state index < -0.39 is 0 Å². The first-order valence-corrected chi connectivity index (χ1v) is 7.00. The highest BCUT2D eigenvalue weighted by atomic mass is 15.1. The van der Waals surface area contributed by atoms with Crippen molar-refractivity contribution in [3.05, 3.63) is 12.2 Å². The minimum Gasteiger partial charge on any atom is -0.303 e. The molecule has 1 unspecified atom stereocenters. The van der Waals surface area contributed by atoms with E-state index in [1.54, 1.807) is 0 Å². The standard InChI is InChI=1S/C13H25N.C2H6/c1-5-14-7-6-13(10-14)9-12(4)8-11(2)3;1-2/h11,13H,4-10H2,1-3H3;1-2H3. The molecular formula is C15H31N. The quantitative estimate of drug-likeness (QED) is 0.629. The molecule has 0 saturated carbocycles. The van der Waals surface area contributed by atoms with Gasteiger partial charge in [-0.2, -0.15) is 0 Å². The third kappa shape index (κ3) is 6.32. The van der Waals surface area contributed by atoms with Crippen LogP contribution < -0.4 is 0 Å². The number of allylic oxidation sites excluding steroid dienone is 1. The van der Waals surface area contributed by atoms with Crippen molar-refractivity contribution in [2.45, 2.75) is 53.9 Å². The number of hydrogen-bond acceptors (Lipinski definition) is 1. The van der Waals surface area contributed by atoms with E-state index in [4.69, 9.17) is 0 Å². The highest BCUT2D eigenvalue weighted by Gasteiger charge is 2.21. The predicted molar refractivity (Wildman–Crippen MR) is 74.8 cm³/mol. The molecule has 16 heavy (non-hydrogen) atoms. The van der Waals surface area contributed by atoms with E-state index in [2.05, 4.69) is 32.3 Å². The first-order valence-electron chi connectivity index (χ1n) is 7.00. The smallest absolute Gasteiger partial charge is 0.00131 e. The first-order chi connectivity index (χ1) is 7.61. The molecule has 1 saturated heterocycles. The molecule has 0 aromatic carbocycles. The maximum atomic E-state index is 4.19. The van der Waals surface area contributed by atoms with Gasteiger partial charge in [0.15, 0.2) is 0 Å². The minimum atomic E-state index is 0.770. The van der Waals surface area contributed by atoms with Crippen LogP contribution in [0.3, 0.4) is 0 Å². The van der Waals surface area contributed by atoms with Crippen LogP contribution in [0.4, 0.5) is 0 Å². The van der Waals surface area contributed by atoms with Crippen LogP contribution in [-0.2, 0) is 0 Å². The Balaban J connectivity index is 0.00000106. The van der Waals surface area contributed by atoms with Gasteiger partial charge in [-0.25, -0.2) is 0 Å². The molecule has 0 spiro atoms. The summed E-state index contributed by atoms with van der Waals surface area (Å²) in [5, 5.41) is 0. The van der Waals surface area contributed by atoms with E-state index in [0.29, 0.717) is 0 Å². The zero-order chi connectivity index (χ0) is 12.6. The molecule has 1 atom stereocenters. The van der Waals surface area contributed by atoms with Gasteiger partial charge >= 0.3 is 0 Å². The van der Waals surface area contributed by atoms with Gasteiger partial charge in [-0.3, -0.25) is 0 Å². The summed E-state index contributed by atoms with van der Waals surface area (Å²) in [5.41, 5.74) is 1.46. The molecule has 1 rings (SSSR count). The van der Waals surface area contributed by atoms with Crippen molar-refractivity contribution in [2.24, 2.45) is 11.8 Å². The Hall–Kier alpha value is -0.300. The molecular weight excluding hydrogens is 194 g/mol. The first kappa shape index (κ1) is 15.7. The third-order valence-corrected chi connectivity index (χ3v) is 3.09. The molecule has 1 fully saturated rings. The van der Waals surface area contributed by atoms with E-state index in [0.717, 1.165) is 11.8 Å². The lowest BCUT2D eigenvalue weighted by Gasteiger charge is -2.15. The van der Waals surface area contributed by atoms with E-state index in [9.17, 15) is 0 Å². The van der Waals surface area contributed by atoms with Crippen LogP contribution in [0.2, 0.25) is 0 Å². The number of hydrogen-bond donors (Lipinski definition) is 0. The fourth-order valence-corrected chi connectivity index (χ4v) is 2.44. The second-order valence-electron chi connectivity index (χ2n) is 5.10. The van der Waals surface area contributed by atoms with Crippen molar-refractivity contribution >= 4 is 0 Å². The average Bonchev–Trinajstić information content (AvgIpc) is 2.67. The van der Waals surface area contributed by atoms with E-state index >= 15 is 0 Å². The minimum absolute atomic E-state index is 0.770. The average molecular weight is 225 g/mol. The molecule has 1 aliphatic rings. The van der Waals surface area contributed by atoms with E-state index in [1.807, 2.05) is 13.8 Å². The summed E-state index contributed by atoms with van der Waals surface area (Å²) in [4.78, 5) is 2.55. The summed E-state index contributed by atoms with van der Waals surface area (Å²) in [6, 6.07) is 0. The molecule has 1 aliphatic heterocycles. The fourth-order valence-electron chi connectivity index (χ4n) is 2.44. The summed E-state index contributed by atoms with van der Waals surface area (Å²) in [6.07, 6.45) is 3.85. The lowest BCUT2D eigenvalue weighted by Crippen LogP contribution is -2.19. The predicted octanol–water partition coefficient (Wildman–Crippen LogP) is 4.35. The topological polar surface area (TPSA) is 3.24 Å². The molecule has 1 heterocycles.